The van der Waals surface area contributed by atoms with Gasteiger partial charge in [0.25, 0.3) is 0 Å². The molecule has 16 N–H and O–H groups in total. The minimum atomic E-state index is -1.36. The fraction of sp³-hybridized carbons (Fsp3) is 0.400. The molecule has 0 radical (unpaired) electrons. The molecule has 256 valence electrons. The van der Waals surface area contributed by atoms with Crippen LogP contribution < -0.4 is 44.6 Å². The van der Waals surface area contributed by atoms with Crippen LogP contribution in [-0.2, 0) is 32.0 Å². The first-order valence-corrected chi connectivity index (χ1v) is 14.8. The Morgan fingerprint density at radius 1 is 0.617 bits per heavy atom. The van der Waals surface area contributed by atoms with Crippen molar-refractivity contribution in [3.05, 3.63) is 59.7 Å². The maximum atomic E-state index is 13.6. The second kappa shape index (κ2) is 19.1. The lowest BCUT2D eigenvalue weighted by atomic mass is 10.0. The number of carboxylic acids is 1. The van der Waals surface area contributed by atoms with Gasteiger partial charge in [0.1, 0.15) is 29.6 Å². The van der Waals surface area contributed by atoms with Gasteiger partial charge in [-0.15, -0.1) is 0 Å². The number of aliphatic carboxylic acids is 1. The van der Waals surface area contributed by atoms with Gasteiger partial charge in [-0.2, -0.15) is 0 Å². The fourth-order valence-electron chi connectivity index (χ4n) is 4.41. The molecule has 4 atom stereocenters. The molecular formula is C30H44N10O7. The minimum Gasteiger partial charge on any atom is -0.508 e. The topological polar surface area (TPSA) is 320 Å². The Kier molecular flexibility index (Phi) is 15.2. The lowest BCUT2D eigenvalue weighted by Crippen LogP contribution is -2.57. The van der Waals surface area contributed by atoms with Gasteiger partial charge in [-0.1, -0.05) is 24.3 Å². The van der Waals surface area contributed by atoms with E-state index in [1.165, 1.54) is 36.4 Å². The Morgan fingerprint density at radius 3 is 1.40 bits per heavy atom. The average Bonchev–Trinajstić information content (AvgIpc) is 3.01. The molecule has 4 unspecified atom stereocenters. The smallest absolute Gasteiger partial charge is 0.326 e. The molecular weight excluding hydrogens is 612 g/mol. The van der Waals surface area contributed by atoms with Crippen LogP contribution in [0.3, 0.4) is 0 Å². The summed E-state index contributed by atoms with van der Waals surface area (Å²) in [5.41, 5.74) is 28.9. The Balaban J connectivity index is 2.23. The summed E-state index contributed by atoms with van der Waals surface area (Å²) in [4.78, 5) is 59.8. The van der Waals surface area contributed by atoms with Crippen molar-refractivity contribution in [2.24, 2.45) is 38.7 Å². The predicted octanol–water partition coefficient (Wildman–Crippen LogP) is -2.14. The van der Waals surface area contributed by atoms with Crippen LogP contribution in [0.15, 0.2) is 58.5 Å². The molecule has 2 aromatic carbocycles. The monoisotopic (exact) mass is 656 g/mol. The van der Waals surface area contributed by atoms with Gasteiger partial charge >= 0.3 is 5.97 Å². The summed E-state index contributed by atoms with van der Waals surface area (Å²) in [6.45, 7) is 0.282. The van der Waals surface area contributed by atoms with Gasteiger partial charge in [0, 0.05) is 19.5 Å². The Morgan fingerprint density at radius 2 is 1.00 bits per heavy atom. The number of nitrogens with two attached hydrogens (primary N) is 5. The summed E-state index contributed by atoms with van der Waals surface area (Å²) in [6.07, 6.45) is 0.625. The van der Waals surface area contributed by atoms with Crippen LogP contribution in [-0.4, -0.2) is 88.2 Å². The van der Waals surface area contributed by atoms with Crippen molar-refractivity contribution in [3.8, 4) is 11.5 Å². The number of carbonyl (C=O) groups is 4. The van der Waals surface area contributed by atoms with Gasteiger partial charge in [-0.3, -0.25) is 24.4 Å². The van der Waals surface area contributed by atoms with E-state index in [1.54, 1.807) is 12.1 Å². The highest BCUT2D eigenvalue weighted by Gasteiger charge is 2.30. The van der Waals surface area contributed by atoms with Crippen molar-refractivity contribution < 1.29 is 34.5 Å². The molecule has 0 aliphatic rings. The van der Waals surface area contributed by atoms with Crippen LogP contribution in [0, 0.1) is 0 Å². The number of rotatable bonds is 19. The molecule has 17 heteroatoms. The molecule has 0 aliphatic carbocycles. The number of aromatic hydroxyl groups is 2. The van der Waals surface area contributed by atoms with Crippen molar-refractivity contribution in [2.45, 2.75) is 62.7 Å². The van der Waals surface area contributed by atoms with E-state index in [2.05, 4.69) is 25.9 Å². The maximum absolute atomic E-state index is 13.6. The van der Waals surface area contributed by atoms with E-state index in [4.69, 9.17) is 28.7 Å². The third-order valence-electron chi connectivity index (χ3n) is 6.88. The van der Waals surface area contributed by atoms with Crippen molar-refractivity contribution in [1.82, 2.24) is 16.0 Å². The standard InChI is InChI=1S/C30H44N10O7/c31-21(15-17-5-9-19(41)10-6-17)25(43)38-22(3-1-13-36-29(32)33)26(44)39-23(4-2-14-37-30(34)35)27(45)40-24(28(46)47)16-18-7-11-20(42)12-8-18/h5-12,21-24,41-42H,1-4,13-16,31H2,(H,38,43)(H,39,44)(H,40,45)(H,46,47)(H4,32,33,36)(H4,34,35,37). The highest BCUT2D eigenvalue weighted by Crippen LogP contribution is 2.13. The molecule has 0 heterocycles. The van der Waals surface area contributed by atoms with Gasteiger partial charge in [0.2, 0.25) is 17.7 Å². The van der Waals surface area contributed by atoms with Crippen LogP contribution in [0.1, 0.15) is 36.8 Å². The van der Waals surface area contributed by atoms with E-state index < -0.39 is 47.9 Å². The Hall–Kier alpha value is -5.58. The van der Waals surface area contributed by atoms with Gasteiger partial charge in [0.05, 0.1) is 6.04 Å². The lowest BCUT2D eigenvalue weighted by molar-refractivity contribution is -0.142. The van der Waals surface area contributed by atoms with Gasteiger partial charge in [0.15, 0.2) is 11.9 Å². The molecule has 0 saturated carbocycles. The predicted molar refractivity (Wildman–Crippen MR) is 175 cm³/mol. The lowest BCUT2D eigenvalue weighted by Gasteiger charge is -2.25. The maximum Gasteiger partial charge on any atom is 0.326 e. The van der Waals surface area contributed by atoms with E-state index in [9.17, 15) is 34.5 Å². The second-order valence-electron chi connectivity index (χ2n) is 10.8. The van der Waals surface area contributed by atoms with Crippen molar-refractivity contribution in [3.63, 3.8) is 0 Å². The summed E-state index contributed by atoms with van der Waals surface area (Å²) >= 11 is 0. The number of guanidine groups is 2. The SMILES string of the molecule is NC(N)=NCCCC(NC(=O)C(N)Cc1ccc(O)cc1)C(=O)NC(CCCN=C(N)N)C(=O)NC(Cc1ccc(O)cc1)C(=O)O. The minimum absolute atomic E-state index is 0.00512. The number of benzene rings is 2. The molecule has 0 aromatic heterocycles. The van der Waals surface area contributed by atoms with E-state index in [1.807, 2.05) is 0 Å². The third-order valence-corrected chi connectivity index (χ3v) is 6.88. The first-order chi connectivity index (χ1) is 22.2. The molecule has 0 fully saturated rings. The molecule has 0 spiro atoms. The van der Waals surface area contributed by atoms with Crippen molar-refractivity contribution >= 4 is 35.6 Å². The van der Waals surface area contributed by atoms with E-state index in [-0.39, 0.29) is 75.0 Å². The highest BCUT2D eigenvalue weighted by molar-refractivity contribution is 5.94. The number of nitrogens with one attached hydrogen (secondary N) is 3. The molecule has 3 amide bonds. The normalized spacial score (nSPS) is 13.2. The van der Waals surface area contributed by atoms with Gasteiger partial charge < -0.3 is 59.9 Å². The summed E-state index contributed by atoms with van der Waals surface area (Å²) in [5, 5.41) is 36.5. The number of carboxylic acid groups (broad SMARTS) is 1. The molecule has 17 nitrogen and oxygen atoms in total. The number of amides is 3. The van der Waals surface area contributed by atoms with Crippen LogP contribution >= 0.6 is 0 Å². The zero-order valence-corrected chi connectivity index (χ0v) is 25.8. The van der Waals surface area contributed by atoms with E-state index in [0.717, 1.165) is 0 Å². The van der Waals surface area contributed by atoms with E-state index in [0.29, 0.717) is 11.1 Å². The molecule has 2 aromatic rings. The third kappa shape index (κ3) is 14.4. The zero-order valence-electron chi connectivity index (χ0n) is 25.8. The quantitative estimate of drug-likeness (QED) is 0.0438. The number of phenolic OH excluding ortho intramolecular Hbond substituents is 2. The summed E-state index contributed by atoms with van der Waals surface area (Å²) in [7, 11) is 0. The largest absolute Gasteiger partial charge is 0.508 e. The van der Waals surface area contributed by atoms with Gasteiger partial charge in [-0.25, -0.2) is 4.79 Å². The number of nitrogens with zero attached hydrogens (tertiary/aromatic N) is 2. The fourth-order valence-corrected chi connectivity index (χ4v) is 4.41. The highest BCUT2D eigenvalue weighted by atomic mass is 16.4. The molecule has 47 heavy (non-hydrogen) atoms. The molecule has 0 saturated heterocycles. The van der Waals surface area contributed by atoms with Gasteiger partial charge in [-0.05, 0) is 67.5 Å². The molecule has 2 rings (SSSR count). The first-order valence-electron chi connectivity index (χ1n) is 14.8. The number of phenols is 2. The van der Waals surface area contributed by atoms with Crippen LogP contribution in [0.5, 0.6) is 11.5 Å². The Bertz CT molecular complexity index is 1390. The summed E-state index contributed by atoms with van der Waals surface area (Å²) < 4.78 is 0. The summed E-state index contributed by atoms with van der Waals surface area (Å²) in [6, 6.07) is 7.14. The number of hydrogen-bond acceptors (Lipinski definition) is 9. The number of carbonyl (C=O) groups excluding carboxylic acids is 3. The summed E-state index contributed by atoms with van der Waals surface area (Å²) in [5.74, 6) is -3.74. The first kappa shape index (κ1) is 37.6. The number of hydrogen-bond donors (Lipinski definition) is 11. The van der Waals surface area contributed by atoms with Crippen LogP contribution in [0.2, 0.25) is 0 Å². The van der Waals surface area contributed by atoms with Crippen molar-refractivity contribution in [2.75, 3.05) is 13.1 Å². The average molecular weight is 657 g/mol. The molecule has 0 aliphatic heterocycles. The molecule has 0 bridgehead atoms. The van der Waals surface area contributed by atoms with Crippen molar-refractivity contribution in [1.29, 1.82) is 0 Å². The van der Waals surface area contributed by atoms with Crippen LogP contribution in [0.4, 0.5) is 0 Å². The van der Waals surface area contributed by atoms with Crippen LogP contribution in [0.25, 0.3) is 0 Å². The Labute approximate surface area is 271 Å². The second-order valence-corrected chi connectivity index (χ2v) is 10.8. The zero-order chi connectivity index (χ0) is 34.9. The van der Waals surface area contributed by atoms with E-state index >= 15 is 0 Å². The number of aliphatic imine (C=N–C) groups is 2.